The maximum atomic E-state index is 4.41. The van der Waals surface area contributed by atoms with Gasteiger partial charge in [0.05, 0.1) is 0 Å². The van der Waals surface area contributed by atoms with Crippen molar-refractivity contribution < 1.29 is 0 Å². The van der Waals surface area contributed by atoms with Gasteiger partial charge in [0.1, 0.15) is 12.4 Å². The predicted molar refractivity (Wildman–Crippen MR) is 66.6 cm³/mol. The maximum Gasteiger partial charge on any atom is 0.155 e. The van der Waals surface area contributed by atoms with Crippen LogP contribution in [0.15, 0.2) is 0 Å². The van der Waals surface area contributed by atoms with Crippen LogP contribution in [0.3, 0.4) is 0 Å². The quantitative estimate of drug-likeness (QED) is 0.803. The summed E-state index contributed by atoms with van der Waals surface area (Å²) in [6, 6.07) is 0.613. The molecular formula is C12H17N7. The first kappa shape index (κ1) is 11.1. The Bertz CT molecular complexity index is 591. The Morgan fingerprint density at radius 1 is 1.05 bits per heavy atom. The zero-order chi connectivity index (χ0) is 12.8. The average molecular weight is 259 g/mol. The molecule has 0 spiro atoms. The molecule has 0 N–H and O–H groups in total. The average Bonchev–Trinajstić information content (AvgIpc) is 3.35. The summed E-state index contributed by atoms with van der Waals surface area (Å²) in [6.07, 6.45) is 5.86. The highest BCUT2D eigenvalue weighted by Crippen LogP contribution is 2.44. The van der Waals surface area contributed by atoms with Crippen molar-refractivity contribution in [1.82, 2.24) is 35.0 Å². The number of rotatable bonds is 5. The number of aromatic nitrogens is 7. The number of hydrogen-bond acceptors (Lipinski definition) is 5. The molecule has 7 nitrogen and oxygen atoms in total. The van der Waals surface area contributed by atoms with Crippen LogP contribution >= 0.6 is 0 Å². The molecule has 0 unspecified atom stereocenters. The van der Waals surface area contributed by atoms with E-state index < -0.39 is 0 Å². The van der Waals surface area contributed by atoms with Gasteiger partial charge in [-0.1, -0.05) is 6.92 Å². The topological polar surface area (TPSA) is 74.3 Å². The molecular weight excluding hydrogens is 242 g/mol. The van der Waals surface area contributed by atoms with Crippen LogP contribution in [0.5, 0.6) is 0 Å². The van der Waals surface area contributed by atoms with Crippen molar-refractivity contribution >= 4 is 0 Å². The largest absolute Gasteiger partial charge is 0.310 e. The smallest absolute Gasteiger partial charge is 0.155 e. The Balaban J connectivity index is 1.67. The predicted octanol–water partition coefficient (Wildman–Crippen LogP) is 1.09. The van der Waals surface area contributed by atoms with Gasteiger partial charge in [-0.25, -0.2) is 4.68 Å². The molecule has 2 fully saturated rings. The highest BCUT2D eigenvalue weighted by molar-refractivity contribution is 5.12. The van der Waals surface area contributed by atoms with Gasteiger partial charge in [0.15, 0.2) is 11.6 Å². The Kier molecular flexibility index (Phi) is 2.39. The summed E-state index contributed by atoms with van der Waals surface area (Å²) in [5.74, 6) is 3.73. The van der Waals surface area contributed by atoms with E-state index in [-0.39, 0.29) is 0 Å². The molecule has 0 bridgehead atoms. The lowest BCUT2D eigenvalue weighted by molar-refractivity contribution is 0.558. The highest BCUT2D eigenvalue weighted by atomic mass is 15.5. The minimum atomic E-state index is 0.613. The molecule has 2 heterocycles. The molecule has 4 rings (SSSR count). The Labute approximate surface area is 111 Å². The van der Waals surface area contributed by atoms with Gasteiger partial charge in [-0.15, -0.1) is 15.3 Å². The van der Waals surface area contributed by atoms with Crippen molar-refractivity contribution in [3.63, 3.8) is 0 Å². The summed E-state index contributed by atoms with van der Waals surface area (Å²) in [5.41, 5.74) is 0. The molecule has 0 amide bonds. The zero-order valence-corrected chi connectivity index (χ0v) is 11.0. The van der Waals surface area contributed by atoms with Crippen molar-refractivity contribution in [3.05, 3.63) is 17.5 Å². The second-order valence-corrected chi connectivity index (χ2v) is 5.46. The van der Waals surface area contributed by atoms with E-state index in [4.69, 9.17) is 0 Å². The van der Waals surface area contributed by atoms with Gasteiger partial charge in [0.2, 0.25) is 0 Å². The first-order chi connectivity index (χ1) is 9.36. The lowest BCUT2D eigenvalue weighted by Crippen LogP contribution is -2.13. The molecule has 7 heteroatoms. The van der Waals surface area contributed by atoms with Gasteiger partial charge in [0, 0.05) is 18.4 Å². The Morgan fingerprint density at radius 2 is 1.89 bits per heavy atom. The van der Waals surface area contributed by atoms with Crippen LogP contribution in [0, 0.1) is 0 Å². The lowest BCUT2D eigenvalue weighted by Gasteiger charge is -2.08. The first-order valence-corrected chi connectivity index (χ1v) is 7.05. The number of hydrogen-bond donors (Lipinski definition) is 0. The fourth-order valence-corrected chi connectivity index (χ4v) is 2.53. The van der Waals surface area contributed by atoms with Crippen LogP contribution in [0.2, 0.25) is 0 Å². The van der Waals surface area contributed by atoms with Crippen molar-refractivity contribution in [2.45, 2.75) is 57.5 Å². The van der Waals surface area contributed by atoms with E-state index in [1.807, 2.05) is 4.68 Å². The van der Waals surface area contributed by atoms with Crippen LogP contribution in [-0.4, -0.2) is 35.0 Å². The van der Waals surface area contributed by atoms with Gasteiger partial charge in [-0.3, -0.25) is 0 Å². The summed E-state index contributed by atoms with van der Waals surface area (Å²) in [7, 11) is 0. The summed E-state index contributed by atoms with van der Waals surface area (Å²) < 4.78 is 4.18. The number of aryl methyl sites for hydroxylation is 1. The van der Waals surface area contributed by atoms with Crippen molar-refractivity contribution in [3.8, 4) is 0 Å². The third-order valence-corrected chi connectivity index (χ3v) is 3.86. The molecule has 0 atom stereocenters. The van der Waals surface area contributed by atoms with Gasteiger partial charge in [-0.05, 0) is 36.1 Å². The second kappa shape index (κ2) is 4.11. The van der Waals surface area contributed by atoms with Crippen LogP contribution in [0.4, 0.5) is 0 Å². The minimum absolute atomic E-state index is 0.613. The van der Waals surface area contributed by atoms with Gasteiger partial charge in [-0.2, -0.15) is 0 Å². The third-order valence-electron chi connectivity index (χ3n) is 3.86. The fraction of sp³-hybridized carbons (Fsp3) is 0.750. The van der Waals surface area contributed by atoms with Crippen LogP contribution in [-0.2, 0) is 13.0 Å². The number of nitrogens with zero attached hydrogens (tertiary/aromatic N) is 7. The third kappa shape index (κ3) is 1.93. The second-order valence-electron chi connectivity index (χ2n) is 5.46. The molecule has 2 aromatic rings. The molecule has 0 aliphatic heterocycles. The summed E-state index contributed by atoms with van der Waals surface area (Å²) in [4.78, 5) is 0. The molecule has 19 heavy (non-hydrogen) atoms. The summed E-state index contributed by atoms with van der Waals surface area (Å²) in [6.45, 7) is 2.69. The molecule has 100 valence electrons. The van der Waals surface area contributed by atoms with Gasteiger partial charge < -0.3 is 4.57 Å². The monoisotopic (exact) mass is 259 g/mol. The highest BCUT2D eigenvalue weighted by Gasteiger charge is 2.36. The Morgan fingerprint density at radius 3 is 2.58 bits per heavy atom. The maximum absolute atomic E-state index is 4.41. The van der Waals surface area contributed by atoms with E-state index in [0.717, 1.165) is 18.1 Å². The fourth-order valence-electron chi connectivity index (χ4n) is 2.53. The van der Waals surface area contributed by atoms with Crippen molar-refractivity contribution in [1.29, 1.82) is 0 Å². The van der Waals surface area contributed by atoms with E-state index in [2.05, 4.69) is 37.2 Å². The van der Waals surface area contributed by atoms with E-state index in [9.17, 15) is 0 Å². The molecule has 2 aromatic heterocycles. The first-order valence-electron chi connectivity index (χ1n) is 7.05. The SMILES string of the molecule is CCc1nnnn1Cc1nnc(C2CC2)n1C1CC1. The van der Waals surface area contributed by atoms with E-state index >= 15 is 0 Å². The van der Waals surface area contributed by atoms with E-state index in [1.165, 1.54) is 31.5 Å². The van der Waals surface area contributed by atoms with E-state index in [0.29, 0.717) is 18.5 Å². The Hall–Kier alpha value is -1.79. The summed E-state index contributed by atoms with van der Waals surface area (Å²) >= 11 is 0. The van der Waals surface area contributed by atoms with Crippen LogP contribution < -0.4 is 0 Å². The molecule has 2 aliphatic carbocycles. The van der Waals surface area contributed by atoms with Crippen LogP contribution in [0.1, 0.15) is 62.0 Å². The van der Waals surface area contributed by atoms with Crippen molar-refractivity contribution in [2.75, 3.05) is 0 Å². The summed E-state index contributed by atoms with van der Waals surface area (Å²) in [5, 5.41) is 20.6. The zero-order valence-electron chi connectivity index (χ0n) is 11.0. The molecule has 0 radical (unpaired) electrons. The normalized spacial score (nSPS) is 19.0. The number of tetrazole rings is 1. The van der Waals surface area contributed by atoms with Gasteiger partial charge >= 0.3 is 0 Å². The molecule has 2 saturated carbocycles. The lowest BCUT2D eigenvalue weighted by atomic mass is 10.3. The molecule has 0 aromatic carbocycles. The van der Waals surface area contributed by atoms with Crippen molar-refractivity contribution in [2.24, 2.45) is 0 Å². The van der Waals surface area contributed by atoms with E-state index in [1.54, 1.807) is 0 Å². The standard InChI is InChI=1S/C12H17N7/c1-2-10-14-16-17-18(10)7-11-13-15-12(8-3-4-8)19(11)9-5-6-9/h8-9H,2-7H2,1H3. The molecule has 2 aliphatic rings. The molecule has 0 saturated heterocycles. The van der Waals surface area contributed by atoms with Crippen LogP contribution in [0.25, 0.3) is 0 Å². The van der Waals surface area contributed by atoms with Gasteiger partial charge in [0.25, 0.3) is 0 Å². The minimum Gasteiger partial charge on any atom is -0.310 e.